The van der Waals surface area contributed by atoms with E-state index in [2.05, 4.69) is 5.32 Å². The van der Waals surface area contributed by atoms with Crippen LogP contribution in [0.5, 0.6) is 23.0 Å². The molecular formula is C18H20FNO5. The maximum atomic E-state index is 13.4. The zero-order valence-electron chi connectivity index (χ0n) is 14.3. The van der Waals surface area contributed by atoms with Gasteiger partial charge in [0.25, 0.3) is 5.91 Å². The Kier molecular flexibility index (Phi) is 6.45. The van der Waals surface area contributed by atoms with Gasteiger partial charge in [0.1, 0.15) is 6.61 Å². The van der Waals surface area contributed by atoms with E-state index in [9.17, 15) is 9.18 Å². The first-order valence-electron chi connectivity index (χ1n) is 7.56. The van der Waals surface area contributed by atoms with E-state index >= 15 is 0 Å². The number of hydrogen-bond acceptors (Lipinski definition) is 5. The Bertz CT molecular complexity index is 710. The Balaban J connectivity index is 1.97. The van der Waals surface area contributed by atoms with Crippen molar-refractivity contribution in [2.24, 2.45) is 0 Å². The third-order valence-electron chi connectivity index (χ3n) is 3.41. The molecule has 2 aromatic carbocycles. The van der Waals surface area contributed by atoms with E-state index in [-0.39, 0.29) is 24.8 Å². The largest absolute Gasteiger partial charge is 0.493 e. The topological polar surface area (TPSA) is 66.0 Å². The van der Waals surface area contributed by atoms with Gasteiger partial charge in [-0.25, -0.2) is 4.39 Å². The van der Waals surface area contributed by atoms with Gasteiger partial charge in [0.2, 0.25) is 5.75 Å². The van der Waals surface area contributed by atoms with Crippen LogP contribution in [0.25, 0.3) is 0 Å². The summed E-state index contributed by atoms with van der Waals surface area (Å²) in [7, 11) is 4.43. The Hall–Kier alpha value is -2.96. The number of ether oxygens (including phenoxy) is 4. The predicted molar refractivity (Wildman–Crippen MR) is 90.3 cm³/mol. The van der Waals surface area contributed by atoms with Gasteiger partial charge in [0.15, 0.2) is 23.1 Å². The first kappa shape index (κ1) is 18.4. The van der Waals surface area contributed by atoms with Crippen LogP contribution in [0.2, 0.25) is 0 Å². The van der Waals surface area contributed by atoms with Crippen LogP contribution in [0.1, 0.15) is 10.4 Å². The zero-order valence-corrected chi connectivity index (χ0v) is 14.3. The summed E-state index contributed by atoms with van der Waals surface area (Å²) in [6, 6.07) is 9.18. The molecule has 0 aliphatic heterocycles. The standard InChI is InChI=1S/C18H20FNO5/c1-22-15-10-12(11-16(23-2)17(15)24-3)18(21)20-8-9-25-14-7-5-4-6-13(14)19/h4-7,10-11H,8-9H2,1-3H3,(H,20,21). The van der Waals surface area contributed by atoms with Gasteiger partial charge in [0.05, 0.1) is 27.9 Å². The minimum Gasteiger partial charge on any atom is -0.493 e. The van der Waals surface area contributed by atoms with Gasteiger partial charge < -0.3 is 24.3 Å². The summed E-state index contributed by atoms with van der Waals surface area (Å²) in [6.07, 6.45) is 0. The molecule has 0 saturated carbocycles. The second-order valence-corrected chi connectivity index (χ2v) is 4.95. The van der Waals surface area contributed by atoms with E-state index in [4.69, 9.17) is 18.9 Å². The van der Waals surface area contributed by atoms with E-state index in [0.29, 0.717) is 22.8 Å². The van der Waals surface area contributed by atoms with Crippen molar-refractivity contribution in [3.63, 3.8) is 0 Å². The SMILES string of the molecule is COc1cc(C(=O)NCCOc2ccccc2F)cc(OC)c1OC. The van der Waals surface area contributed by atoms with Crippen LogP contribution >= 0.6 is 0 Å². The van der Waals surface area contributed by atoms with Crippen LogP contribution in [0.3, 0.4) is 0 Å². The summed E-state index contributed by atoms with van der Waals surface area (Å²) >= 11 is 0. The van der Waals surface area contributed by atoms with Crippen molar-refractivity contribution in [2.75, 3.05) is 34.5 Å². The van der Waals surface area contributed by atoms with E-state index in [1.165, 1.54) is 33.5 Å². The molecule has 1 N–H and O–H groups in total. The van der Waals surface area contributed by atoms with Crippen LogP contribution in [0.15, 0.2) is 36.4 Å². The van der Waals surface area contributed by atoms with Crippen LogP contribution in [0.4, 0.5) is 4.39 Å². The predicted octanol–water partition coefficient (Wildman–Crippen LogP) is 2.66. The second-order valence-electron chi connectivity index (χ2n) is 4.95. The molecule has 0 aromatic heterocycles. The summed E-state index contributed by atoms with van der Waals surface area (Å²) < 4.78 is 34.4. The van der Waals surface area contributed by atoms with Crippen LogP contribution < -0.4 is 24.3 Å². The smallest absolute Gasteiger partial charge is 0.251 e. The number of halogens is 1. The Morgan fingerprint density at radius 1 is 1.00 bits per heavy atom. The average Bonchev–Trinajstić information content (AvgIpc) is 2.64. The molecular weight excluding hydrogens is 329 g/mol. The molecule has 0 fully saturated rings. The van der Waals surface area contributed by atoms with Crippen molar-refractivity contribution in [2.45, 2.75) is 0 Å². The van der Waals surface area contributed by atoms with Gasteiger partial charge >= 0.3 is 0 Å². The number of methoxy groups -OCH3 is 3. The van der Waals surface area contributed by atoms with Crippen LogP contribution in [0, 0.1) is 5.82 Å². The number of rotatable bonds is 8. The molecule has 0 bridgehead atoms. The molecule has 0 saturated heterocycles. The summed E-state index contributed by atoms with van der Waals surface area (Å²) in [5.41, 5.74) is 0.348. The monoisotopic (exact) mass is 349 g/mol. The van der Waals surface area contributed by atoms with Gasteiger partial charge in [-0.05, 0) is 24.3 Å². The molecule has 134 valence electrons. The molecule has 0 atom stereocenters. The first-order valence-corrected chi connectivity index (χ1v) is 7.56. The second kappa shape index (κ2) is 8.77. The molecule has 25 heavy (non-hydrogen) atoms. The third-order valence-corrected chi connectivity index (χ3v) is 3.41. The highest BCUT2D eigenvalue weighted by molar-refractivity contribution is 5.95. The Morgan fingerprint density at radius 2 is 1.64 bits per heavy atom. The van der Waals surface area contributed by atoms with Crippen molar-refractivity contribution in [1.29, 1.82) is 0 Å². The summed E-state index contributed by atoms with van der Waals surface area (Å²) in [5, 5.41) is 2.69. The Labute approximate surface area is 145 Å². The van der Waals surface area contributed by atoms with Gasteiger partial charge in [-0.15, -0.1) is 0 Å². The number of para-hydroxylation sites is 1. The van der Waals surface area contributed by atoms with Crippen molar-refractivity contribution >= 4 is 5.91 Å². The van der Waals surface area contributed by atoms with Crippen molar-refractivity contribution in [3.8, 4) is 23.0 Å². The maximum Gasteiger partial charge on any atom is 0.251 e. The van der Waals surface area contributed by atoms with E-state index < -0.39 is 5.82 Å². The molecule has 0 aliphatic rings. The molecule has 2 rings (SSSR count). The van der Waals surface area contributed by atoms with Gasteiger partial charge in [-0.2, -0.15) is 0 Å². The van der Waals surface area contributed by atoms with Gasteiger partial charge in [0, 0.05) is 5.56 Å². The fourth-order valence-electron chi connectivity index (χ4n) is 2.20. The minimum atomic E-state index is -0.446. The first-order chi connectivity index (χ1) is 12.1. The van der Waals surface area contributed by atoms with E-state index in [1.54, 1.807) is 24.3 Å². The fraction of sp³-hybridized carbons (Fsp3) is 0.278. The quantitative estimate of drug-likeness (QED) is 0.742. The molecule has 6 nitrogen and oxygen atoms in total. The van der Waals surface area contributed by atoms with Crippen molar-refractivity contribution in [1.82, 2.24) is 5.32 Å². The lowest BCUT2D eigenvalue weighted by atomic mass is 10.1. The van der Waals surface area contributed by atoms with E-state index in [1.807, 2.05) is 0 Å². The molecule has 0 unspecified atom stereocenters. The maximum absolute atomic E-state index is 13.4. The molecule has 1 amide bonds. The van der Waals surface area contributed by atoms with Crippen molar-refractivity contribution < 1.29 is 28.1 Å². The summed E-state index contributed by atoms with van der Waals surface area (Å²) in [5.74, 6) is 0.535. The number of hydrogen-bond donors (Lipinski definition) is 1. The number of nitrogens with one attached hydrogen (secondary N) is 1. The molecule has 0 spiro atoms. The summed E-state index contributed by atoms with van der Waals surface area (Å²) in [6.45, 7) is 0.348. The lowest BCUT2D eigenvalue weighted by molar-refractivity contribution is 0.0946. The normalized spacial score (nSPS) is 10.1. The molecule has 0 radical (unpaired) electrons. The zero-order chi connectivity index (χ0) is 18.2. The number of benzene rings is 2. The Morgan fingerprint density at radius 3 is 2.20 bits per heavy atom. The molecule has 2 aromatic rings. The molecule has 0 aliphatic carbocycles. The average molecular weight is 349 g/mol. The lowest BCUT2D eigenvalue weighted by Gasteiger charge is -2.14. The number of amides is 1. The van der Waals surface area contributed by atoms with Gasteiger partial charge in [-0.3, -0.25) is 4.79 Å². The minimum absolute atomic E-state index is 0.136. The summed E-state index contributed by atoms with van der Waals surface area (Å²) in [4.78, 5) is 12.3. The third kappa shape index (κ3) is 4.53. The highest BCUT2D eigenvalue weighted by Crippen LogP contribution is 2.38. The number of carbonyl (C=O) groups is 1. The molecule has 7 heteroatoms. The number of carbonyl (C=O) groups excluding carboxylic acids is 1. The van der Waals surface area contributed by atoms with Crippen LogP contribution in [-0.2, 0) is 0 Å². The lowest BCUT2D eigenvalue weighted by Crippen LogP contribution is -2.28. The molecule has 0 heterocycles. The van der Waals surface area contributed by atoms with E-state index in [0.717, 1.165) is 0 Å². The van der Waals surface area contributed by atoms with Crippen LogP contribution in [-0.4, -0.2) is 40.4 Å². The van der Waals surface area contributed by atoms with Gasteiger partial charge in [-0.1, -0.05) is 12.1 Å². The fourth-order valence-corrected chi connectivity index (χ4v) is 2.20. The highest BCUT2D eigenvalue weighted by atomic mass is 19.1. The highest BCUT2D eigenvalue weighted by Gasteiger charge is 2.16. The van der Waals surface area contributed by atoms with Crippen molar-refractivity contribution in [3.05, 3.63) is 47.8 Å².